The molecule has 0 unspecified atom stereocenters. The Morgan fingerprint density at radius 3 is 2.22 bits per heavy atom. The summed E-state index contributed by atoms with van der Waals surface area (Å²) < 4.78 is 41.7. The second kappa shape index (κ2) is 9.53. The molecule has 3 aromatic rings. The van der Waals surface area contributed by atoms with Gasteiger partial charge in [0.25, 0.3) is 5.91 Å². The molecule has 32 heavy (non-hydrogen) atoms. The van der Waals surface area contributed by atoms with Crippen molar-refractivity contribution in [2.24, 2.45) is 4.99 Å². The van der Waals surface area contributed by atoms with Crippen LogP contribution >= 0.6 is 11.3 Å². The predicted molar refractivity (Wildman–Crippen MR) is 119 cm³/mol. The van der Waals surface area contributed by atoms with Crippen molar-refractivity contribution in [2.75, 3.05) is 27.1 Å². The Balaban J connectivity index is 2.12. The Morgan fingerprint density at radius 1 is 1.03 bits per heavy atom. The number of carbonyl (C=O) groups excluding carboxylic acids is 2. The summed E-state index contributed by atoms with van der Waals surface area (Å²) in [5.74, 6) is -0.163. The van der Waals surface area contributed by atoms with Crippen molar-refractivity contribution in [3.8, 4) is 11.5 Å². The zero-order chi connectivity index (χ0) is 23.5. The van der Waals surface area contributed by atoms with Gasteiger partial charge in [0.2, 0.25) is 0 Å². The Labute approximate surface area is 188 Å². The highest BCUT2D eigenvalue weighted by Crippen LogP contribution is 2.33. The number of hydrogen-bond donors (Lipinski definition) is 0. The average Bonchev–Trinajstić information content (AvgIpc) is 3.13. The fraction of sp³-hybridized carbons (Fsp3) is 0.286. The van der Waals surface area contributed by atoms with E-state index < -0.39 is 21.7 Å². The quantitative estimate of drug-likeness (QED) is 0.479. The number of nitrogens with zero attached hydrogens (tertiary/aromatic N) is 2. The van der Waals surface area contributed by atoms with Gasteiger partial charge in [0.15, 0.2) is 26.1 Å². The standard InChI is InChI=1S/C21H22N2O7S2/c1-5-32(26,27)14-8-6-13(7-9-14)20(25)22-21-23(12-19(24)30-4)15-10-16(28-2)17(29-3)11-18(15)31-21/h6-11H,5,12H2,1-4H3. The topological polar surface area (TPSA) is 113 Å². The molecule has 170 valence electrons. The van der Waals surface area contributed by atoms with Gasteiger partial charge in [-0.1, -0.05) is 18.3 Å². The smallest absolute Gasteiger partial charge is 0.325 e. The summed E-state index contributed by atoms with van der Waals surface area (Å²) in [4.78, 5) is 29.4. The highest BCUT2D eigenvalue weighted by molar-refractivity contribution is 7.91. The van der Waals surface area contributed by atoms with Gasteiger partial charge in [0.1, 0.15) is 6.54 Å². The Morgan fingerprint density at radius 2 is 1.66 bits per heavy atom. The fourth-order valence-electron chi connectivity index (χ4n) is 2.95. The van der Waals surface area contributed by atoms with Crippen LogP contribution in [0.15, 0.2) is 46.3 Å². The van der Waals surface area contributed by atoms with Crippen molar-refractivity contribution in [2.45, 2.75) is 18.4 Å². The molecule has 1 heterocycles. The molecule has 0 bridgehead atoms. The first-order chi connectivity index (χ1) is 15.2. The van der Waals surface area contributed by atoms with Gasteiger partial charge in [-0.25, -0.2) is 8.42 Å². The summed E-state index contributed by atoms with van der Waals surface area (Å²) in [5.41, 5.74) is 0.839. The lowest BCUT2D eigenvalue weighted by molar-refractivity contribution is -0.141. The molecule has 0 fully saturated rings. The maximum absolute atomic E-state index is 12.8. The van der Waals surface area contributed by atoms with Crippen molar-refractivity contribution in [3.05, 3.63) is 46.8 Å². The van der Waals surface area contributed by atoms with Gasteiger partial charge < -0.3 is 18.8 Å². The lowest BCUT2D eigenvalue weighted by Gasteiger charge is -2.09. The highest BCUT2D eigenvalue weighted by Gasteiger charge is 2.17. The SMILES string of the molecule is CCS(=O)(=O)c1ccc(C(=O)N=c2sc3cc(OC)c(OC)cc3n2CC(=O)OC)cc1. The largest absolute Gasteiger partial charge is 0.493 e. The van der Waals surface area contributed by atoms with Gasteiger partial charge in [-0.15, -0.1) is 0 Å². The van der Waals surface area contributed by atoms with E-state index >= 15 is 0 Å². The van der Waals surface area contributed by atoms with Crippen LogP contribution in [0, 0.1) is 0 Å². The third-order valence-electron chi connectivity index (χ3n) is 4.74. The molecule has 0 aliphatic rings. The fourth-order valence-corrected chi connectivity index (χ4v) is 4.87. The van der Waals surface area contributed by atoms with Gasteiger partial charge in [0.05, 0.1) is 42.2 Å². The summed E-state index contributed by atoms with van der Waals surface area (Å²) in [6.45, 7) is 1.39. The van der Waals surface area contributed by atoms with Crippen molar-refractivity contribution in [3.63, 3.8) is 0 Å². The first-order valence-corrected chi connectivity index (χ1v) is 11.9. The number of amides is 1. The number of methoxy groups -OCH3 is 3. The number of carbonyl (C=O) groups is 2. The lowest BCUT2D eigenvalue weighted by Crippen LogP contribution is -2.22. The molecule has 0 saturated heterocycles. The van der Waals surface area contributed by atoms with Gasteiger partial charge in [-0.3, -0.25) is 9.59 Å². The summed E-state index contributed by atoms with van der Waals surface area (Å²) in [6, 6.07) is 9.02. The van der Waals surface area contributed by atoms with E-state index in [4.69, 9.17) is 14.2 Å². The molecule has 0 saturated carbocycles. The van der Waals surface area contributed by atoms with Crippen molar-refractivity contribution < 1.29 is 32.2 Å². The van der Waals surface area contributed by atoms with E-state index in [1.807, 2.05) is 0 Å². The normalized spacial score (nSPS) is 12.1. The van der Waals surface area contributed by atoms with Crippen molar-refractivity contribution in [1.82, 2.24) is 4.57 Å². The van der Waals surface area contributed by atoms with E-state index in [1.165, 1.54) is 56.9 Å². The first kappa shape index (κ1) is 23.5. The molecule has 2 aromatic carbocycles. The second-order valence-corrected chi connectivity index (χ2v) is 9.85. The number of benzene rings is 2. The number of hydrogen-bond acceptors (Lipinski definition) is 8. The Bertz CT molecular complexity index is 1340. The molecule has 0 aliphatic heterocycles. The molecule has 1 aromatic heterocycles. The van der Waals surface area contributed by atoms with Gasteiger partial charge >= 0.3 is 5.97 Å². The summed E-state index contributed by atoms with van der Waals surface area (Å²) in [6.07, 6.45) is 0. The number of rotatable bonds is 7. The molecular weight excluding hydrogens is 456 g/mol. The van der Waals surface area contributed by atoms with E-state index in [-0.39, 0.29) is 27.6 Å². The van der Waals surface area contributed by atoms with Crippen LogP contribution < -0.4 is 14.3 Å². The minimum absolute atomic E-state index is 0.0348. The van der Waals surface area contributed by atoms with Crippen LogP contribution in [-0.4, -0.2) is 51.9 Å². The predicted octanol–water partition coefficient (Wildman–Crippen LogP) is 2.43. The molecule has 1 amide bonds. The number of ether oxygens (including phenoxy) is 3. The van der Waals surface area contributed by atoms with Gasteiger partial charge in [-0.05, 0) is 24.3 Å². The van der Waals surface area contributed by atoms with E-state index in [2.05, 4.69) is 4.99 Å². The summed E-state index contributed by atoms with van der Waals surface area (Å²) in [7, 11) is 0.909. The summed E-state index contributed by atoms with van der Waals surface area (Å²) >= 11 is 1.20. The van der Waals surface area contributed by atoms with Crippen LogP contribution in [0.3, 0.4) is 0 Å². The van der Waals surface area contributed by atoms with Crippen LogP contribution in [0.5, 0.6) is 11.5 Å². The maximum atomic E-state index is 12.8. The maximum Gasteiger partial charge on any atom is 0.325 e. The molecule has 11 heteroatoms. The molecular formula is C21H22N2O7S2. The van der Waals surface area contributed by atoms with Crippen LogP contribution in [-0.2, 0) is 25.9 Å². The number of fused-ring (bicyclic) bond motifs is 1. The lowest BCUT2D eigenvalue weighted by atomic mass is 10.2. The average molecular weight is 479 g/mol. The third-order valence-corrected chi connectivity index (χ3v) is 7.53. The van der Waals surface area contributed by atoms with Gasteiger partial charge in [0, 0.05) is 17.7 Å². The zero-order valence-corrected chi connectivity index (χ0v) is 19.6. The monoisotopic (exact) mass is 478 g/mol. The summed E-state index contributed by atoms with van der Waals surface area (Å²) in [5, 5.41) is 0. The zero-order valence-electron chi connectivity index (χ0n) is 17.9. The van der Waals surface area contributed by atoms with Crippen LogP contribution in [0.1, 0.15) is 17.3 Å². The molecule has 0 N–H and O–H groups in total. The number of esters is 1. The van der Waals surface area contributed by atoms with E-state index in [1.54, 1.807) is 23.6 Å². The molecule has 3 rings (SSSR count). The van der Waals surface area contributed by atoms with Crippen LogP contribution in [0.2, 0.25) is 0 Å². The van der Waals surface area contributed by atoms with E-state index in [9.17, 15) is 18.0 Å². The third kappa shape index (κ3) is 4.68. The number of sulfone groups is 1. The Kier molecular flexibility index (Phi) is 6.99. The minimum Gasteiger partial charge on any atom is -0.493 e. The van der Waals surface area contributed by atoms with E-state index in [0.29, 0.717) is 17.0 Å². The number of aromatic nitrogens is 1. The van der Waals surface area contributed by atoms with Crippen molar-refractivity contribution >= 4 is 43.3 Å². The van der Waals surface area contributed by atoms with Gasteiger partial charge in [-0.2, -0.15) is 4.99 Å². The molecule has 0 aliphatic carbocycles. The number of thiazole rings is 1. The molecule has 0 spiro atoms. The van der Waals surface area contributed by atoms with Crippen molar-refractivity contribution in [1.29, 1.82) is 0 Å². The van der Waals surface area contributed by atoms with Crippen LogP contribution in [0.4, 0.5) is 0 Å². The Hall–Kier alpha value is -3.18. The van der Waals surface area contributed by atoms with E-state index in [0.717, 1.165) is 4.70 Å². The highest BCUT2D eigenvalue weighted by atomic mass is 32.2. The molecule has 0 radical (unpaired) electrons. The second-order valence-electron chi connectivity index (χ2n) is 6.57. The van der Waals surface area contributed by atoms with Crippen LogP contribution in [0.25, 0.3) is 10.2 Å². The molecule has 9 nitrogen and oxygen atoms in total. The minimum atomic E-state index is -3.37. The first-order valence-electron chi connectivity index (χ1n) is 9.48. The molecule has 0 atom stereocenters.